The first-order valence-corrected chi connectivity index (χ1v) is 7.07. The van der Waals surface area contributed by atoms with E-state index in [0.29, 0.717) is 5.02 Å². The molecular formula is C17H12ClN3O2. The van der Waals surface area contributed by atoms with Gasteiger partial charge in [-0.1, -0.05) is 35.9 Å². The average molecular weight is 326 g/mol. The average Bonchev–Trinajstić information content (AvgIpc) is 2.56. The number of amides is 1. The summed E-state index contributed by atoms with van der Waals surface area (Å²) < 4.78 is 0. The van der Waals surface area contributed by atoms with Crippen LogP contribution in [0.4, 0.5) is 5.82 Å². The highest BCUT2D eigenvalue weighted by Gasteiger charge is 2.24. The molecule has 0 saturated heterocycles. The molecule has 1 heterocycles. The Kier molecular flexibility index (Phi) is 5.61. The van der Waals surface area contributed by atoms with Crippen molar-refractivity contribution in [3.63, 3.8) is 0 Å². The van der Waals surface area contributed by atoms with E-state index in [9.17, 15) is 9.59 Å². The Balaban J connectivity index is 2.05. The van der Waals surface area contributed by atoms with Crippen molar-refractivity contribution in [3.8, 4) is 6.07 Å². The molecule has 0 aliphatic carbocycles. The molecule has 6 heteroatoms. The molecule has 0 aliphatic heterocycles. The molecule has 1 N–H and O–H groups in total. The number of nitrogens with zero attached hydrogens (tertiary/aromatic N) is 2. The van der Waals surface area contributed by atoms with Crippen LogP contribution in [0.3, 0.4) is 0 Å². The Morgan fingerprint density at radius 1 is 1.22 bits per heavy atom. The van der Waals surface area contributed by atoms with E-state index in [0.717, 1.165) is 5.56 Å². The number of nitriles is 1. The molecule has 1 aromatic heterocycles. The Morgan fingerprint density at radius 3 is 2.57 bits per heavy atom. The number of rotatable bonds is 5. The third-order valence-electron chi connectivity index (χ3n) is 2.90. The third-order valence-corrected chi connectivity index (χ3v) is 3.15. The summed E-state index contributed by atoms with van der Waals surface area (Å²) in [5.41, 5.74) is 0.740. The van der Waals surface area contributed by atoms with Crippen molar-refractivity contribution in [2.75, 3.05) is 5.32 Å². The van der Waals surface area contributed by atoms with Gasteiger partial charge in [-0.05, 0) is 35.9 Å². The van der Waals surface area contributed by atoms with Crippen LogP contribution in [0.15, 0.2) is 54.7 Å². The number of pyridine rings is 1. The van der Waals surface area contributed by atoms with E-state index in [4.69, 9.17) is 16.9 Å². The van der Waals surface area contributed by atoms with Crippen LogP contribution >= 0.6 is 11.6 Å². The number of ketones is 1. The quantitative estimate of drug-likeness (QED) is 0.676. The number of aromatic nitrogens is 1. The number of hydrogen-bond acceptors (Lipinski definition) is 4. The van der Waals surface area contributed by atoms with E-state index < -0.39 is 17.6 Å². The van der Waals surface area contributed by atoms with Gasteiger partial charge < -0.3 is 5.32 Å². The van der Waals surface area contributed by atoms with Crippen LogP contribution < -0.4 is 5.32 Å². The number of anilines is 1. The third kappa shape index (κ3) is 4.77. The van der Waals surface area contributed by atoms with Crippen LogP contribution in [0, 0.1) is 17.2 Å². The Morgan fingerprint density at radius 2 is 1.96 bits per heavy atom. The number of allylic oxidation sites excluding steroid dienone is 1. The first kappa shape index (κ1) is 16.4. The van der Waals surface area contributed by atoms with Gasteiger partial charge in [-0.25, -0.2) is 4.98 Å². The molecular weight excluding hydrogens is 314 g/mol. The predicted molar refractivity (Wildman–Crippen MR) is 87.5 cm³/mol. The van der Waals surface area contributed by atoms with Gasteiger partial charge in [0, 0.05) is 11.2 Å². The van der Waals surface area contributed by atoms with E-state index in [-0.39, 0.29) is 5.82 Å². The molecule has 2 rings (SSSR count). The summed E-state index contributed by atoms with van der Waals surface area (Å²) in [5.74, 6) is -2.46. The van der Waals surface area contributed by atoms with Gasteiger partial charge in [0.2, 0.25) is 0 Å². The Hall–Kier alpha value is -2.97. The van der Waals surface area contributed by atoms with Gasteiger partial charge in [0.1, 0.15) is 5.82 Å². The zero-order chi connectivity index (χ0) is 16.7. The van der Waals surface area contributed by atoms with Gasteiger partial charge in [0.25, 0.3) is 5.91 Å². The summed E-state index contributed by atoms with van der Waals surface area (Å²) in [5, 5.41) is 12.1. The highest BCUT2D eigenvalue weighted by atomic mass is 35.5. The standard InChI is InChI=1S/C17H12ClN3O2/c18-13-7-4-12(5-8-13)6-9-15(22)14(11-19)17(23)21-16-3-1-2-10-20-16/h1-10,14H,(H,20,21,23)/b9-6+/t14-/m1/s1. The molecule has 0 spiro atoms. The number of halogens is 1. The second-order valence-electron chi connectivity index (χ2n) is 4.55. The molecule has 1 amide bonds. The van der Waals surface area contributed by atoms with E-state index >= 15 is 0 Å². The molecule has 114 valence electrons. The van der Waals surface area contributed by atoms with E-state index in [1.54, 1.807) is 48.5 Å². The first-order valence-electron chi connectivity index (χ1n) is 6.69. The van der Waals surface area contributed by atoms with Gasteiger partial charge in [0.05, 0.1) is 6.07 Å². The summed E-state index contributed by atoms with van der Waals surface area (Å²) in [6.07, 6.45) is 4.23. The van der Waals surface area contributed by atoms with E-state index in [1.807, 2.05) is 0 Å². The fourth-order valence-electron chi connectivity index (χ4n) is 1.74. The lowest BCUT2D eigenvalue weighted by molar-refractivity contribution is -0.126. The highest BCUT2D eigenvalue weighted by Crippen LogP contribution is 2.12. The molecule has 0 fully saturated rings. The van der Waals surface area contributed by atoms with E-state index in [2.05, 4.69) is 10.3 Å². The van der Waals surface area contributed by atoms with Crippen molar-refractivity contribution in [2.45, 2.75) is 0 Å². The largest absolute Gasteiger partial charge is 0.309 e. The van der Waals surface area contributed by atoms with Crippen molar-refractivity contribution in [3.05, 3.63) is 65.3 Å². The van der Waals surface area contributed by atoms with E-state index in [1.165, 1.54) is 18.3 Å². The number of nitrogens with one attached hydrogen (secondary N) is 1. The molecule has 0 saturated carbocycles. The fourth-order valence-corrected chi connectivity index (χ4v) is 1.86. The zero-order valence-corrected chi connectivity index (χ0v) is 12.7. The lowest BCUT2D eigenvalue weighted by Gasteiger charge is -2.06. The number of carbonyl (C=O) groups excluding carboxylic acids is 2. The van der Waals surface area contributed by atoms with Crippen molar-refractivity contribution >= 4 is 35.2 Å². The summed E-state index contributed by atoms with van der Waals surface area (Å²) >= 11 is 5.77. The normalized spacial score (nSPS) is 11.7. The second-order valence-corrected chi connectivity index (χ2v) is 4.99. The van der Waals surface area contributed by atoms with Crippen LogP contribution in [0.1, 0.15) is 5.56 Å². The molecule has 0 unspecified atom stereocenters. The predicted octanol–water partition coefficient (Wildman–Crippen LogP) is 3.10. The monoisotopic (exact) mass is 325 g/mol. The lowest BCUT2D eigenvalue weighted by atomic mass is 10.0. The summed E-state index contributed by atoms with van der Waals surface area (Å²) in [6, 6.07) is 13.5. The molecule has 0 bridgehead atoms. The van der Waals surface area contributed by atoms with Crippen molar-refractivity contribution in [1.82, 2.24) is 4.98 Å². The van der Waals surface area contributed by atoms with Gasteiger partial charge in [0.15, 0.2) is 11.7 Å². The number of benzene rings is 1. The molecule has 1 atom stereocenters. The summed E-state index contributed by atoms with van der Waals surface area (Å²) in [6.45, 7) is 0. The first-order chi connectivity index (χ1) is 11.1. The molecule has 0 aliphatic rings. The van der Waals surface area contributed by atoms with Gasteiger partial charge in [-0.2, -0.15) is 5.26 Å². The van der Waals surface area contributed by atoms with Crippen LogP contribution in [0.2, 0.25) is 5.02 Å². The maximum Gasteiger partial charge on any atom is 0.250 e. The minimum Gasteiger partial charge on any atom is -0.309 e. The lowest BCUT2D eigenvalue weighted by Crippen LogP contribution is -2.27. The maximum absolute atomic E-state index is 12.0. The zero-order valence-electron chi connectivity index (χ0n) is 11.9. The topological polar surface area (TPSA) is 82.8 Å². The molecule has 0 radical (unpaired) electrons. The SMILES string of the molecule is N#C[C@H](C(=O)/C=C/c1ccc(Cl)cc1)C(=O)Nc1ccccn1. The van der Waals surface area contributed by atoms with Crippen LogP contribution in [0.5, 0.6) is 0 Å². The summed E-state index contributed by atoms with van der Waals surface area (Å²) in [7, 11) is 0. The fraction of sp³-hybridized carbons (Fsp3) is 0.0588. The van der Waals surface area contributed by atoms with Crippen molar-refractivity contribution in [2.24, 2.45) is 5.92 Å². The minimum absolute atomic E-state index is 0.284. The van der Waals surface area contributed by atoms with Crippen molar-refractivity contribution in [1.29, 1.82) is 5.26 Å². The number of hydrogen-bond donors (Lipinski definition) is 1. The molecule has 1 aromatic carbocycles. The van der Waals surface area contributed by atoms with Gasteiger partial charge in [-0.15, -0.1) is 0 Å². The maximum atomic E-state index is 12.0. The van der Waals surface area contributed by atoms with Crippen LogP contribution in [-0.4, -0.2) is 16.7 Å². The smallest absolute Gasteiger partial charge is 0.250 e. The van der Waals surface area contributed by atoms with Gasteiger partial charge >= 0.3 is 0 Å². The van der Waals surface area contributed by atoms with Crippen molar-refractivity contribution < 1.29 is 9.59 Å². The van der Waals surface area contributed by atoms with Crippen LogP contribution in [-0.2, 0) is 9.59 Å². The number of carbonyl (C=O) groups is 2. The second kappa shape index (κ2) is 7.87. The minimum atomic E-state index is -1.43. The molecule has 23 heavy (non-hydrogen) atoms. The highest BCUT2D eigenvalue weighted by molar-refractivity contribution is 6.30. The van der Waals surface area contributed by atoms with Gasteiger partial charge in [-0.3, -0.25) is 9.59 Å². The Labute approximate surface area is 138 Å². The summed E-state index contributed by atoms with van der Waals surface area (Å²) in [4.78, 5) is 27.9. The molecule has 5 nitrogen and oxygen atoms in total. The Bertz CT molecular complexity index is 765. The van der Waals surface area contributed by atoms with Crippen LogP contribution in [0.25, 0.3) is 6.08 Å². The molecule has 2 aromatic rings.